The first kappa shape index (κ1) is 19.8. The average Bonchev–Trinajstić information content (AvgIpc) is 3.15. The summed E-state index contributed by atoms with van der Waals surface area (Å²) in [5.41, 5.74) is 2.10. The largest absolute Gasteiger partial charge is 0.378 e. The van der Waals surface area contributed by atoms with Gasteiger partial charge in [-0.3, -0.25) is 9.59 Å². The third-order valence-electron chi connectivity index (χ3n) is 5.86. The maximum Gasteiger partial charge on any atom is 0.255 e. The molecule has 4 heterocycles. The van der Waals surface area contributed by atoms with E-state index in [0.717, 1.165) is 23.9 Å². The number of hydrogen-bond donors (Lipinski definition) is 0. The summed E-state index contributed by atoms with van der Waals surface area (Å²) in [4.78, 5) is 34.5. The number of piperidine rings is 1. The van der Waals surface area contributed by atoms with Crippen LogP contribution in [0.25, 0.3) is 11.0 Å². The molecule has 0 bridgehead atoms. The fourth-order valence-electron chi connectivity index (χ4n) is 4.24. The van der Waals surface area contributed by atoms with Gasteiger partial charge in [-0.25, -0.2) is 9.67 Å². The maximum absolute atomic E-state index is 13.3. The number of carbonyl (C=O) groups is 2. The van der Waals surface area contributed by atoms with E-state index in [9.17, 15) is 9.59 Å². The van der Waals surface area contributed by atoms with E-state index in [1.54, 1.807) is 6.20 Å². The van der Waals surface area contributed by atoms with E-state index >= 15 is 0 Å². The third-order valence-corrected chi connectivity index (χ3v) is 5.86. The number of rotatable bonds is 3. The summed E-state index contributed by atoms with van der Waals surface area (Å²) < 4.78 is 7.22. The Morgan fingerprint density at radius 2 is 1.93 bits per heavy atom. The van der Waals surface area contributed by atoms with Gasteiger partial charge in [-0.1, -0.05) is 0 Å². The Morgan fingerprint density at radius 1 is 1.17 bits per heavy atom. The molecule has 0 saturated carbocycles. The molecule has 8 nitrogen and oxygen atoms in total. The Bertz CT molecular complexity index is 916. The van der Waals surface area contributed by atoms with Crippen LogP contribution in [0.15, 0.2) is 12.3 Å². The number of hydrogen-bond acceptors (Lipinski definition) is 5. The first-order chi connectivity index (χ1) is 14.0. The topological polar surface area (TPSA) is 80.6 Å². The van der Waals surface area contributed by atoms with Crippen molar-refractivity contribution in [3.05, 3.63) is 23.5 Å². The zero-order chi connectivity index (χ0) is 20.5. The highest BCUT2D eigenvalue weighted by Crippen LogP contribution is 2.24. The molecule has 0 N–H and O–H groups in total. The van der Waals surface area contributed by atoms with Gasteiger partial charge in [0.15, 0.2) is 5.65 Å². The second kappa shape index (κ2) is 8.10. The number of carbonyl (C=O) groups excluding carboxylic acids is 2. The molecule has 2 aromatic rings. The van der Waals surface area contributed by atoms with Gasteiger partial charge < -0.3 is 14.5 Å². The minimum atomic E-state index is -0.133. The molecule has 156 valence electrons. The summed E-state index contributed by atoms with van der Waals surface area (Å²) in [7, 11) is 0. The van der Waals surface area contributed by atoms with Crippen molar-refractivity contribution in [2.75, 3.05) is 39.4 Å². The van der Waals surface area contributed by atoms with Gasteiger partial charge in [-0.2, -0.15) is 5.10 Å². The van der Waals surface area contributed by atoms with Gasteiger partial charge in [-0.15, -0.1) is 0 Å². The minimum absolute atomic E-state index is 0.0475. The number of ether oxygens (including phenoxy) is 1. The van der Waals surface area contributed by atoms with Crippen molar-refractivity contribution in [1.82, 2.24) is 24.6 Å². The Hall–Kier alpha value is -2.48. The van der Waals surface area contributed by atoms with E-state index in [4.69, 9.17) is 4.74 Å². The van der Waals surface area contributed by atoms with E-state index in [0.29, 0.717) is 50.7 Å². The summed E-state index contributed by atoms with van der Waals surface area (Å²) >= 11 is 0. The van der Waals surface area contributed by atoms with Crippen LogP contribution >= 0.6 is 0 Å². The fraction of sp³-hybridized carbons (Fsp3) is 0.619. The number of aromatic nitrogens is 3. The molecular weight excluding hydrogens is 370 g/mol. The number of pyridine rings is 1. The monoisotopic (exact) mass is 399 g/mol. The molecule has 1 unspecified atom stereocenters. The van der Waals surface area contributed by atoms with Crippen molar-refractivity contribution < 1.29 is 14.3 Å². The molecule has 8 heteroatoms. The highest BCUT2D eigenvalue weighted by molar-refractivity contribution is 5.98. The standard InChI is InChI=1S/C21H29N5O3/c1-14(2)26-19-17(12-22-26)11-18(15(3)23-19)21(28)25-6-4-5-16(13-25)20(27)24-7-9-29-10-8-24/h11-12,14,16H,4-10,13H2,1-3H3. The highest BCUT2D eigenvalue weighted by Gasteiger charge is 2.32. The van der Waals surface area contributed by atoms with E-state index in [1.807, 2.05) is 27.5 Å². The Morgan fingerprint density at radius 3 is 2.66 bits per heavy atom. The molecule has 0 spiro atoms. The SMILES string of the molecule is Cc1nc2c(cnn2C(C)C)cc1C(=O)N1CCCC(C(=O)N2CCOCC2)C1. The number of fused-ring (bicyclic) bond motifs is 1. The van der Waals surface area contributed by atoms with E-state index in [2.05, 4.69) is 23.9 Å². The van der Waals surface area contributed by atoms with Crippen molar-refractivity contribution in [3.63, 3.8) is 0 Å². The second-order valence-electron chi connectivity index (χ2n) is 8.25. The molecule has 2 amide bonds. The van der Waals surface area contributed by atoms with Crippen LogP contribution in [0, 0.1) is 12.8 Å². The molecule has 2 aliphatic heterocycles. The van der Waals surface area contributed by atoms with Crippen LogP contribution in [0.5, 0.6) is 0 Å². The third kappa shape index (κ3) is 3.85. The highest BCUT2D eigenvalue weighted by atomic mass is 16.5. The Kier molecular flexibility index (Phi) is 5.54. The summed E-state index contributed by atoms with van der Waals surface area (Å²) in [6.45, 7) is 9.60. The van der Waals surface area contributed by atoms with E-state index in [-0.39, 0.29) is 23.8 Å². The van der Waals surface area contributed by atoms with Crippen LogP contribution < -0.4 is 0 Å². The van der Waals surface area contributed by atoms with Crippen LogP contribution in [0.1, 0.15) is 48.8 Å². The predicted octanol–water partition coefficient (Wildman–Crippen LogP) is 2.03. The van der Waals surface area contributed by atoms with Crippen molar-refractivity contribution in [3.8, 4) is 0 Å². The first-order valence-corrected chi connectivity index (χ1v) is 10.5. The van der Waals surface area contributed by atoms with Crippen LogP contribution in [0.3, 0.4) is 0 Å². The predicted molar refractivity (Wildman–Crippen MR) is 109 cm³/mol. The Balaban J connectivity index is 1.53. The van der Waals surface area contributed by atoms with Crippen molar-refractivity contribution in [2.24, 2.45) is 5.92 Å². The lowest BCUT2D eigenvalue weighted by Crippen LogP contribution is -2.49. The lowest BCUT2D eigenvalue weighted by Gasteiger charge is -2.36. The molecule has 4 rings (SSSR count). The Labute approximate surface area is 170 Å². The molecule has 2 aliphatic rings. The zero-order valence-electron chi connectivity index (χ0n) is 17.4. The van der Waals surface area contributed by atoms with Gasteiger partial charge in [0.05, 0.1) is 36.6 Å². The second-order valence-corrected chi connectivity index (χ2v) is 8.25. The number of aryl methyl sites for hydroxylation is 1. The van der Waals surface area contributed by atoms with Gasteiger partial charge in [0.1, 0.15) is 0 Å². The molecule has 0 radical (unpaired) electrons. The molecular formula is C21H29N5O3. The van der Waals surface area contributed by atoms with Gasteiger partial charge in [0.2, 0.25) is 5.91 Å². The molecule has 2 aromatic heterocycles. The van der Waals surface area contributed by atoms with Crippen molar-refractivity contribution >= 4 is 22.8 Å². The number of morpholine rings is 1. The van der Waals surface area contributed by atoms with Gasteiger partial charge >= 0.3 is 0 Å². The quantitative estimate of drug-likeness (QED) is 0.789. The summed E-state index contributed by atoms with van der Waals surface area (Å²) in [5.74, 6) is -0.0329. The summed E-state index contributed by atoms with van der Waals surface area (Å²) in [6, 6.07) is 2.09. The minimum Gasteiger partial charge on any atom is -0.378 e. The normalized spacial score (nSPS) is 20.5. The van der Waals surface area contributed by atoms with Crippen molar-refractivity contribution in [2.45, 2.75) is 39.7 Å². The maximum atomic E-state index is 13.3. The van der Waals surface area contributed by atoms with Gasteiger partial charge in [-0.05, 0) is 39.7 Å². The summed E-state index contributed by atoms with van der Waals surface area (Å²) in [6.07, 6.45) is 3.43. The summed E-state index contributed by atoms with van der Waals surface area (Å²) in [5, 5.41) is 5.27. The number of nitrogens with zero attached hydrogens (tertiary/aromatic N) is 5. The van der Waals surface area contributed by atoms with Crippen LogP contribution in [-0.2, 0) is 9.53 Å². The molecule has 1 atom stereocenters. The van der Waals surface area contributed by atoms with Crippen LogP contribution in [0.4, 0.5) is 0 Å². The van der Waals surface area contributed by atoms with Gasteiger partial charge in [0, 0.05) is 37.6 Å². The lowest BCUT2D eigenvalue weighted by atomic mass is 9.95. The lowest BCUT2D eigenvalue weighted by molar-refractivity contribution is -0.141. The first-order valence-electron chi connectivity index (χ1n) is 10.5. The molecule has 2 fully saturated rings. The molecule has 0 aromatic carbocycles. The zero-order valence-corrected chi connectivity index (χ0v) is 17.4. The van der Waals surface area contributed by atoms with Crippen LogP contribution in [-0.4, -0.2) is 75.8 Å². The smallest absolute Gasteiger partial charge is 0.255 e. The van der Waals surface area contributed by atoms with Gasteiger partial charge in [0.25, 0.3) is 5.91 Å². The average molecular weight is 399 g/mol. The fourth-order valence-corrected chi connectivity index (χ4v) is 4.24. The van der Waals surface area contributed by atoms with Crippen LogP contribution in [0.2, 0.25) is 0 Å². The molecule has 0 aliphatic carbocycles. The molecule has 2 saturated heterocycles. The van der Waals surface area contributed by atoms with E-state index < -0.39 is 0 Å². The molecule has 29 heavy (non-hydrogen) atoms. The van der Waals surface area contributed by atoms with Crippen molar-refractivity contribution in [1.29, 1.82) is 0 Å². The number of likely N-dealkylation sites (tertiary alicyclic amines) is 1. The van der Waals surface area contributed by atoms with E-state index in [1.165, 1.54) is 0 Å². The number of amides is 2.